The van der Waals surface area contributed by atoms with Gasteiger partial charge in [-0.2, -0.15) is 26.3 Å². The minimum absolute atomic E-state index is 0.400. The highest BCUT2D eigenvalue weighted by atomic mass is 32.2. The summed E-state index contributed by atoms with van der Waals surface area (Å²) in [4.78, 5) is 14.8. The van der Waals surface area contributed by atoms with Crippen molar-refractivity contribution in [2.45, 2.75) is 28.2 Å². The smallest absolute Gasteiger partial charge is 0.397 e. The molecule has 0 spiro atoms. The number of rotatable bonds is 8. The third-order valence-corrected chi connectivity index (χ3v) is 5.72. The number of nitrogen functional groups attached to an aromatic ring is 1. The van der Waals surface area contributed by atoms with Gasteiger partial charge in [0.15, 0.2) is 5.69 Å². The molecule has 8 nitrogen and oxygen atoms in total. The average Bonchev–Trinajstić information content (AvgIpc) is 2.70. The molecule has 0 saturated carbocycles. The van der Waals surface area contributed by atoms with Gasteiger partial charge in [-0.25, -0.2) is 13.4 Å². The van der Waals surface area contributed by atoms with Gasteiger partial charge in [0.05, 0.1) is 33.8 Å². The maximum atomic E-state index is 12.7. The minimum Gasteiger partial charge on any atom is -0.397 e. The second-order valence-corrected chi connectivity index (χ2v) is 8.58. The van der Waals surface area contributed by atoms with E-state index in [1.165, 1.54) is 0 Å². The number of carbonyl (C=O) groups is 1. The van der Waals surface area contributed by atoms with Crippen LogP contribution in [0.25, 0.3) is 0 Å². The van der Waals surface area contributed by atoms with Gasteiger partial charge in [-0.05, 0) is 30.3 Å². The van der Waals surface area contributed by atoms with Gasteiger partial charge >= 0.3 is 12.4 Å². The number of pyridine rings is 1. The molecule has 0 aliphatic rings. The van der Waals surface area contributed by atoms with E-state index >= 15 is 0 Å². The molecule has 2 aromatic rings. The number of hydrogen-bond acceptors (Lipinski definition) is 7. The molecule has 2 rings (SSSR count). The van der Waals surface area contributed by atoms with Crippen molar-refractivity contribution in [3.8, 4) is 0 Å². The summed E-state index contributed by atoms with van der Waals surface area (Å²) in [5, 5.41) is 11.7. The predicted molar refractivity (Wildman–Crippen MR) is 101 cm³/mol. The molecule has 0 bridgehead atoms. The zero-order valence-electron chi connectivity index (χ0n) is 16.4. The molecule has 182 valence electrons. The van der Waals surface area contributed by atoms with E-state index in [-0.39, 0.29) is 0 Å². The Balaban J connectivity index is 2.07. The number of ether oxygens (including phenoxy) is 1. The summed E-state index contributed by atoms with van der Waals surface area (Å²) in [5.41, 5.74) is 3.78. The number of carbonyl (C=O) groups excluding carboxylic acids is 1. The van der Waals surface area contributed by atoms with Crippen molar-refractivity contribution in [1.82, 2.24) is 10.3 Å². The SMILES string of the molecule is Nc1cc(S(=O)(=O)c2ccc(C(F)(F)F)cc2)cnc1C(=O)NCC(O)COCC(F)(F)F. The predicted octanol–water partition coefficient (Wildman–Crippen LogP) is 2.18. The molecule has 0 fully saturated rings. The average molecular weight is 501 g/mol. The Morgan fingerprint density at radius 3 is 2.24 bits per heavy atom. The molecule has 4 N–H and O–H groups in total. The molecule has 0 aliphatic carbocycles. The van der Waals surface area contributed by atoms with Crippen molar-refractivity contribution in [1.29, 1.82) is 0 Å². The number of anilines is 1. The highest BCUT2D eigenvalue weighted by Gasteiger charge is 2.31. The van der Waals surface area contributed by atoms with Crippen LogP contribution in [0, 0.1) is 0 Å². The largest absolute Gasteiger partial charge is 0.416 e. The molecule has 0 aliphatic heterocycles. The van der Waals surface area contributed by atoms with Crippen molar-refractivity contribution in [2.24, 2.45) is 0 Å². The molecule has 1 unspecified atom stereocenters. The number of aliphatic hydroxyl groups is 1. The number of sulfone groups is 1. The van der Waals surface area contributed by atoms with Crippen LogP contribution < -0.4 is 11.1 Å². The van der Waals surface area contributed by atoms with Crippen LogP contribution in [0.4, 0.5) is 32.0 Å². The molecule has 1 aromatic carbocycles. The summed E-state index contributed by atoms with van der Waals surface area (Å²) < 4.78 is 103. The summed E-state index contributed by atoms with van der Waals surface area (Å²) >= 11 is 0. The highest BCUT2D eigenvalue weighted by Crippen LogP contribution is 2.31. The Bertz CT molecular complexity index is 1090. The molecule has 33 heavy (non-hydrogen) atoms. The molecular weight excluding hydrogens is 484 g/mol. The monoisotopic (exact) mass is 501 g/mol. The molecule has 1 atom stereocenters. The van der Waals surface area contributed by atoms with Crippen molar-refractivity contribution in [3.63, 3.8) is 0 Å². The van der Waals surface area contributed by atoms with Crippen LogP contribution in [0.3, 0.4) is 0 Å². The molecule has 0 radical (unpaired) electrons. The van der Waals surface area contributed by atoms with Gasteiger partial charge in [0.2, 0.25) is 9.84 Å². The zero-order chi connectivity index (χ0) is 25.0. The Labute approximate surface area is 183 Å². The lowest BCUT2D eigenvalue weighted by atomic mass is 10.2. The van der Waals surface area contributed by atoms with E-state index < -0.39 is 80.7 Å². The van der Waals surface area contributed by atoms with Gasteiger partial charge in [-0.1, -0.05) is 0 Å². The highest BCUT2D eigenvalue weighted by molar-refractivity contribution is 7.91. The molecule has 1 aromatic heterocycles. The van der Waals surface area contributed by atoms with E-state index in [1.54, 1.807) is 0 Å². The first-order valence-electron chi connectivity index (χ1n) is 8.90. The van der Waals surface area contributed by atoms with Gasteiger partial charge in [0.1, 0.15) is 6.61 Å². The van der Waals surface area contributed by atoms with Crippen molar-refractivity contribution in [3.05, 3.63) is 47.8 Å². The van der Waals surface area contributed by atoms with Crippen LogP contribution in [-0.4, -0.2) is 56.5 Å². The molecular formula is C18H17F6N3O5S. The lowest BCUT2D eigenvalue weighted by Crippen LogP contribution is -2.36. The van der Waals surface area contributed by atoms with E-state index in [0.717, 1.165) is 24.4 Å². The number of hydrogen-bond donors (Lipinski definition) is 3. The summed E-state index contributed by atoms with van der Waals surface area (Å²) in [6.07, 6.45) is -9.94. The third kappa shape index (κ3) is 7.30. The number of aromatic nitrogens is 1. The van der Waals surface area contributed by atoms with E-state index in [4.69, 9.17) is 5.73 Å². The number of nitrogens with one attached hydrogen (secondary N) is 1. The zero-order valence-corrected chi connectivity index (χ0v) is 17.3. The van der Waals surface area contributed by atoms with Crippen LogP contribution in [-0.2, 0) is 20.8 Å². The van der Waals surface area contributed by atoms with Crippen molar-refractivity contribution in [2.75, 3.05) is 25.5 Å². The standard InChI is InChI=1S/C18H17F6N3O5S/c19-17(20,21)9-32-8-11(28)6-27-16(29)15-14(25)5-13(7-26-15)33(30,31)12-3-1-10(2-4-12)18(22,23)24/h1-5,7,11,28H,6,8-9,25H2,(H,27,29). The number of aliphatic hydroxyl groups excluding tert-OH is 1. The number of nitrogens with zero attached hydrogens (tertiary/aromatic N) is 1. The maximum absolute atomic E-state index is 12.7. The number of benzene rings is 1. The van der Waals surface area contributed by atoms with Crippen LogP contribution in [0.5, 0.6) is 0 Å². The topological polar surface area (TPSA) is 132 Å². The fraction of sp³-hybridized carbons (Fsp3) is 0.333. The van der Waals surface area contributed by atoms with E-state index in [1.807, 2.05) is 0 Å². The van der Waals surface area contributed by atoms with Gasteiger partial charge < -0.3 is 20.9 Å². The summed E-state index contributed by atoms with van der Waals surface area (Å²) in [7, 11) is -4.30. The first-order valence-corrected chi connectivity index (χ1v) is 10.4. The fourth-order valence-corrected chi connectivity index (χ4v) is 3.66. The van der Waals surface area contributed by atoms with E-state index in [2.05, 4.69) is 15.0 Å². The Morgan fingerprint density at radius 1 is 1.12 bits per heavy atom. The van der Waals surface area contributed by atoms with Crippen LogP contribution in [0.2, 0.25) is 0 Å². The maximum Gasteiger partial charge on any atom is 0.416 e. The van der Waals surface area contributed by atoms with Crippen LogP contribution in [0.15, 0.2) is 46.3 Å². The minimum atomic E-state index is -4.65. The third-order valence-electron chi connectivity index (χ3n) is 3.98. The van der Waals surface area contributed by atoms with Crippen molar-refractivity contribution < 1.29 is 49.4 Å². The number of amides is 1. The summed E-state index contributed by atoms with van der Waals surface area (Å²) in [6, 6.07) is 3.58. The summed E-state index contributed by atoms with van der Waals surface area (Å²) in [5.74, 6) is -0.958. The van der Waals surface area contributed by atoms with Crippen molar-refractivity contribution >= 4 is 21.4 Å². The fourth-order valence-electron chi connectivity index (χ4n) is 2.42. The van der Waals surface area contributed by atoms with E-state index in [9.17, 15) is 44.7 Å². The summed E-state index contributed by atoms with van der Waals surface area (Å²) in [6.45, 7) is -2.81. The quantitative estimate of drug-likeness (QED) is 0.473. The number of halogens is 6. The Hall–Kier alpha value is -2.91. The molecule has 15 heteroatoms. The second-order valence-electron chi connectivity index (χ2n) is 6.63. The Morgan fingerprint density at radius 2 is 1.73 bits per heavy atom. The number of nitrogens with two attached hydrogens (primary N) is 1. The first-order chi connectivity index (χ1) is 15.1. The lowest BCUT2D eigenvalue weighted by Gasteiger charge is -2.14. The van der Waals surface area contributed by atoms with Gasteiger partial charge in [0, 0.05) is 12.7 Å². The normalized spacial score (nSPS) is 13.5. The number of alkyl halides is 6. The molecule has 1 heterocycles. The van der Waals surface area contributed by atoms with Crippen LogP contribution in [0.1, 0.15) is 16.1 Å². The molecule has 1 amide bonds. The van der Waals surface area contributed by atoms with Gasteiger partial charge in [0.25, 0.3) is 5.91 Å². The molecule has 0 saturated heterocycles. The second kappa shape index (κ2) is 9.93. The van der Waals surface area contributed by atoms with E-state index in [0.29, 0.717) is 12.1 Å². The lowest BCUT2D eigenvalue weighted by molar-refractivity contribution is -0.178. The first kappa shape index (κ1) is 26.3. The van der Waals surface area contributed by atoms with Gasteiger partial charge in [-0.15, -0.1) is 0 Å². The van der Waals surface area contributed by atoms with Gasteiger partial charge in [-0.3, -0.25) is 4.79 Å². The Kier molecular flexibility index (Phi) is 7.92. The van der Waals surface area contributed by atoms with Crippen LogP contribution >= 0.6 is 0 Å².